The van der Waals surface area contributed by atoms with Crippen molar-refractivity contribution >= 4 is 46.5 Å². The first-order valence-electron chi connectivity index (χ1n) is 18.5. The van der Waals surface area contributed by atoms with Gasteiger partial charge in [-0.25, -0.2) is 14.6 Å². The van der Waals surface area contributed by atoms with Gasteiger partial charge in [0.05, 0.1) is 18.7 Å². The van der Waals surface area contributed by atoms with Gasteiger partial charge in [-0.15, -0.1) is 18.3 Å². The molecular formula is C39H52N4O9S. The number of carbonyl (C=O) groups excluding carboxylic acids is 3. The third-order valence-corrected chi connectivity index (χ3v) is 11.8. The van der Waals surface area contributed by atoms with Crippen LogP contribution in [0.25, 0.3) is 10.9 Å². The van der Waals surface area contributed by atoms with Crippen LogP contribution >= 0.6 is 11.8 Å². The molecular weight excluding hydrogens is 701 g/mol. The Balaban J connectivity index is 1.28. The normalized spacial score (nSPS) is 27.8. The molecule has 53 heavy (non-hydrogen) atoms. The maximum atomic E-state index is 14.6. The minimum Gasteiger partial charge on any atom is -0.491 e. The van der Waals surface area contributed by atoms with E-state index in [9.17, 15) is 24.3 Å². The average molecular weight is 753 g/mol. The van der Waals surface area contributed by atoms with Crippen molar-refractivity contribution in [3.63, 3.8) is 0 Å². The summed E-state index contributed by atoms with van der Waals surface area (Å²) in [4.78, 5) is 60.5. The van der Waals surface area contributed by atoms with E-state index in [1.165, 1.54) is 17.4 Å². The molecule has 2 heterocycles. The summed E-state index contributed by atoms with van der Waals surface area (Å²) < 4.78 is 23.5. The third kappa shape index (κ3) is 8.23. The molecule has 4 fully saturated rings. The zero-order valence-electron chi connectivity index (χ0n) is 31.4. The lowest BCUT2D eigenvalue weighted by atomic mass is 9.85. The van der Waals surface area contributed by atoms with Crippen molar-refractivity contribution in [3.8, 4) is 11.5 Å². The van der Waals surface area contributed by atoms with E-state index in [1.807, 2.05) is 52.8 Å². The van der Waals surface area contributed by atoms with Crippen molar-refractivity contribution in [2.24, 2.45) is 23.2 Å². The number of hydrogen-bond acceptors (Lipinski definition) is 10. The number of likely N-dealkylation sites (tertiary alicyclic amines) is 1. The van der Waals surface area contributed by atoms with Crippen molar-refractivity contribution in [2.45, 2.75) is 102 Å². The Labute approximate surface area is 314 Å². The lowest BCUT2D eigenvalue weighted by Gasteiger charge is -2.35. The Morgan fingerprint density at radius 1 is 1.11 bits per heavy atom. The highest BCUT2D eigenvalue weighted by Gasteiger charge is 2.61. The number of aromatic nitrogens is 1. The summed E-state index contributed by atoms with van der Waals surface area (Å²) in [5.74, 6) is 0.534. The summed E-state index contributed by atoms with van der Waals surface area (Å²) in [6, 6.07) is 3.50. The molecule has 14 heteroatoms. The largest absolute Gasteiger partial charge is 0.491 e. The van der Waals surface area contributed by atoms with Crippen LogP contribution in [0.15, 0.2) is 35.9 Å². The fraction of sp³-hybridized carbons (Fsp3) is 0.615. The number of nitrogens with one attached hydrogen (secondary N) is 2. The van der Waals surface area contributed by atoms with E-state index in [0.717, 1.165) is 34.6 Å². The average Bonchev–Trinajstić information content (AvgIpc) is 3.91. The van der Waals surface area contributed by atoms with Crippen LogP contribution < -0.4 is 20.1 Å². The maximum Gasteiger partial charge on any atom is 0.408 e. The highest BCUT2D eigenvalue weighted by atomic mass is 32.2. The summed E-state index contributed by atoms with van der Waals surface area (Å²) in [5, 5.41) is 17.1. The molecule has 4 aliphatic rings. The van der Waals surface area contributed by atoms with Crippen LogP contribution in [0.5, 0.6) is 11.5 Å². The molecule has 288 valence electrons. The van der Waals surface area contributed by atoms with Gasteiger partial charge in [-0.1, -0.05) is 33.8 Å². The number of rotatable bonds is 15. The summed E-state index contributed by atoms with van der Waals surface area (Å²) in [6.07, 6.45) is 3.18. The lowest BCUT2D eigenvalue weighted by molar-refractivity contribution is -0.146. The molecule has 0 radical (unpaired) electrons. The van der Waals surface area contributed by atoms with E-state index in [1.54, 1.807) is 18.9 Å². The number of hydrogen-bond donors (Lipinski definition) is 3. The minimum absolute atomic E-state index is 0.0223. The van der Waals surface area contributed by atoms with E-state index < -0.39 is 58.9 Å². The molecule has 1 aromatic carbocycles. The van der Waals surface area contributed by atoms with Gasteiger partial charge in [0.1, 0.15) is 53.0 Å². The van der Waals surface area contributed by atoms with Crippen LogP contribution in [0.2, 0.25) is 0 Å². The zero-order chi connectivity index (χ0) is 38.2. The lowest BCUT2D eigenvalue weighted by Crippen LogP contribution is -2.59. The van der Waals surface area contributed by atoms with Gasteiger partial charge in [0.15, 0.2) is 0 Å². The van der Waals surface area contributed by atoms with Crippen molar-refractivity contribution in [2.75, 3.05) is 32.6 Å². The Kier molecular flexibility index (Phi) is 11.2. The smallest absolute Gasteiger partial charge is 0.408 e. The van der Waals surface area contributed by atoms with E-state index in [2.05, 4.69) is 17.2 Å². The van der Waals surface area contributed by atoms with Gasteiger partial charge in [0.2, 0.25) is 11.8 Å². The van der Waals surface area contributed by atoms with Crippen molar-refractivity contribution in [3.05, 3.63) is 36.4 Å². The van der Waals surface area contributed by atoms with Crippen LogP contribution in [0.3, 0.4) is 0 Å². The van der Waals surface area contributed by atoms with Crippen LogP contribution in [-0.4, -0.2) is 101 Å². The number of carboxylic acid groups (broad SMARTS) is 1. The Bertz CT molecular complexity index is 1750. The zero-order valence-corrected chi connectivity index (χ0v) is 32.3. The molecule has 0 bridgehead atoms. The molecule has 0 spiro atoms. The topological polar surface area (TPSA) is 166 Å². The van der Waals surface area contributed by atoms with Crippen LogP contribution in [0, 0.1) is 30.1 Å². The molecule has 3 N–H and O–H groups in total. The highest BCUT2D eigenvalue weighted by molar-refractivity contribution is 7.99. The molecule has 0 unspecified atom stereocenters. The highest BCUT2D eigenvalue weighted by Crippen LogP contribution is 2.52. The summed E-state index contributed by atoms with van der Waals surface area (Å²) in [7, 11) is 1.61. The van der Waals surface area contributed by atoms with Gasteiger partial charge in [0, 0.05) is 36.5 Å². The van der Waals surface area contributed by atoms with E-state index in [0.29, 0.717) is 42.1 Å². The molecule has 2 aromatic rings. The number of carbonyl (C=O) groups is 4. The number of nitrogens with zero attached hydrogens (tertiary/aromatic N) is 2. The van der Waals surface area contributed by atoms with Gasteiger partial charge < -0.3 is 39.6 Å². The molecule has 13 nitrogen and oxygen atoms in total. The second-order valence-corrected chi connectivity index (χ2v) is 17.1. The summed E-state index contributed by atoms with van der Waals surface area (Å²) >= 11 is 1.56. The third-order valence-electron chi connectivity index (χ3n) is 11.0. The standard InChI is InChI=1S/C39H52N4O9S/c1-8-24-19-39(24,36(46)47)42-34(44)28-17-26(20-43(28)35(45)33(38(4,5)6)41-37(48)52-25-15-22-14-23(22)16-25)51-30-18-31(53-9-2)40-32-21(3)29(11-10-27(30)32)50-13-12-49-7/h8,10-11,18,22-26,28,33H,1,9,12-17,19-20H2,2-7H3,(H,41,48)(H,42,44)(H,46,47)/t22-,23+,24-,25+,26-,28+,33-,39-/m1/s1. The number of pyridine rings is 1. The molecule has 1 aromatic heterocycles. The van der Waals surface area contributed by atoms with Crippen molar-refractivity contribution in [1.82, 2.24) is 20.5 Å². The molecule has 3 amide bonds. The number of thioether (sulfide) groups is 1. The Morgan fingerprint density at radius 3 is 2.47 bits per heavy atom. The van der Waals surface area contributed by atoms with E-state index >= 15 is 0 Å². The van der Waals surface area contributed by atoms with E-state index in [4.69, 9.17) is 23.9 Å². The van der Waals surface area contributed by atoms with Gasteiger partial charge >= 0.3 is 12.1 Å². The minimum atomic E-state index is -1.49. The van der Waals surface area contributed by atoms with Gasteiger partial charge in [-0.05, 0) is 67.7 Å². The number of aliphatic carboxylic acids is 1. The number of methoxy groups -OCH3 is 1. The predicted octanol–water partition coefficient (Wildman–Crippen LogP) is 5.11. The van der Waals surface area contributed by atoms with E-state index in [-0.39, 0.29) is 25.5 Å². The van der Waals surface area contributed by atoms with Crippen molar-refractivity contribution in [1.29, 1.82) is 0 Å². The number of fused-ring (bicyclic) bond motifs is 2. The molecule has 6 rings (SSSR count). The fourth-order valence-electron chi connectivity index (χ4n) is 7.81. The number of benzene rings is 1. The summed E-state index contributed by atoms with van der Waals surface area (Å²) in [5.41, 5.74) is -0.706. The Morgan fingerprint density at radius 2 is 1.85 bits per heavy atom. The number of aryl methyl sites for hydroxylation is 1. The molecule has 3 aliphatic carbocycles. The predicted molar refractivity (Wildman–Crippen MR) is 199 cm³/mol. The number of alkyl carbamates (subject to hydrolysis) is 1. The molecule has 8 atom stereocenters. The summed E-state index contributed by atoms with van der Waals surface area (Å²) in [6.45, 7) is 14.0. The van der Waals surface area contributed by atoms with Crippen LogP contribution in [0.1, 0.15) is 65.4 Å². The second-order valence-electron chi connectivity index (χ2n) is 15.8. The first kappa shape index (κ1) is 38.7. The van der Waals surface area contributed by atoms with Gasteiger partial charge in [-0.3, -0.25) is 9.59 Å². The van der Waals surface area contributed by atoms with Gasteiger partial charge in [-0.2, -0.15) is 0 Å². The number of amides is 3. The monoisotopic (exact) mass is 752 g/mol. The maximum absolute atomic E-state index is 14.6. The Hall–Kier alpha value is -4.04. The molecule has 3 saturated carbocycles. The quantitative estimate of drug-likeness (QED) is 0.126. The van der Waals surface area contributed by atoms with Gasteiger partial charge in [0.25, 0.3) is 0 Å². The molecule has 1 saturated heterocycles. The first-order chi connectivity index (χ1) is 25.2. The molecule has 1 aliphatic heterocycles. The van der Waals surface area contributed by atoms with Crippen molar-refractivity contribution < 1.29 is 43.2 Å². The number of carboxylic acids is 1. The second kappa shape index (κ2) is 15.4. The van der Waals surface area contributed by atoms with Crippen LogP contribution in [0.4, 0.5) is 4.79 Å². The fourth-order valence-corrected chi connectivity index (χ4v) is 8.46. The SMILES string of the molecule is C=C[C@@H]1C[C@]1(NC(=O)[C@@H]1C[C@@H](Oc2cc(SCC)nc3c(C)c(OCCOC)ccc23)CN1C(=O)[C@@H](NC(=O)O[C@@H]1C[C@@H]2C[C@@H]2C1)C(C)(C)C)C(=O)O. The van der Waals surface area contributed by atoms with Crippen LogP contribution in [-0.2, 0) is 23.9 Å². The number of ether oxygens (including phenoxy) is 4. The first-order valence-corrected chi connectivity index (χ1v) is 19.5.